The molecule has 9 aromatic rings. The van der Waals surface area contributed by atoms with E-state index in [1.54, 1.807) is 0 Å². The normalized spacial score (nSPS) is 12.6. The van der Waals surface area contributed by atoms with Crippen LogP contribution >= 0.6 is 0 Å². The van der Waals surface area contributed by atoms with Crippen molar-refractivity contribution in [1.29, 1.82) is 0 Å². The zero-order chi connectivity index (χ0) is 36.6. The van der Waals surface area contributed by atoms with Crippen LogP contribution in [0, 0.1) is 0 Å². The minimum Gasteiger partial charge on any atom is -0.277 e. The summed E-state index contributed by atoms with van der Waals surface area (Å²) in [6.07, 6.45) is 10.9. The molecule has 1 aliphatic carbocycles. The van der Waals surface area contributed by atoms with Crippen LogP contribution in [0.15, 0.2) is 200 Å². The molecule has 0 unspecified atom stereocenters. The molecule has 260 valence electrons. The van der Waals surface area contributed by atoms with Crippen molar-refractivity contribution in [2.24, 2.45) is 0 Å². The summed E-state index contributed by atoms with van der Waals surface area (Å²) in [4.78, 5) is 10.2. The highest BCUT2D eigenvalue weighted by Crippen LogP contribution is 2.41. The van der Waals surface area contributed by atoms with Gasteiger partial charge in [-0.1, -0.05) is 164 Å². The minimum absolute atomic E-state index is 0.643. The Morgan fingerprint density at radius 2 is 1.05 bits per heavy atom. The number of aromatic nitrogens is 3. The van der Waals surface area contributed by atoms with Gasteiger partial charge in [0.1, 0.15) is 0 Å². The fourth-order valence-electron chi connectivity index (χ4n) is 7.95. The molecule has 0 atom stereocenters. The van der Waals surface area contributed by atoms with E-state index in [1.165, 1.54) is 39.0 Å². The lowest BCUT2D eigenvalue weighted by Gasteiger charge is -2.14. The first-order valence-corrected chi connectivity index (χ1v) is 19.0. The molecule has 2 aromatic heterocycles. The maximum absolute atomic E-state index is 5.29. The SMILES string of the molecule is C1=CC(c2ccc(-c3cccc(-c4ccnc(-n5c6ccccc6c6cc(-c7ccc(-c8ccccc8)cc7)cc(-c7ccccc7)c65)n4)c3)cc2)=CCC1. The van der Waals surface area contributed by atoms with E-state index in [1.807, 2.05) is 12.3 Å². The smallest absolute Gasteiger partial charge is 0.235 e. The lowest BCUT2D eigenvalue weighted by molar-refractivity contribution is 0.992. The van der Waals surface area contributed by atoms with Gasteiger partial charge in [-0.2, -0.15) is 0 Å². The predicted molar refractivity (Wildman–Crippen MR) is 230 cm³/mol. The highest BCUT2D eigenvalue weighted by Gasteiger charge is 2.20. The Morgan fingerprint density at radius 3 is 1.80 bits per heavy atom. The lowest BCUT2D eigenvalue weighted by atomic mass is 9.94. The number of nitrogens with zero attached hydrogens (tertiary/aromatic N) is 3. The minimum atomic E-state index is 0.643. The third-order valence-electron chi connectivity index (χ3n) is 10.7. The summed E-state index contributed by atoms with van der Waals surface area (Å²) < 4.78 is 2.25. The van der Waals surface area contributed by atoms with Crippen molar-refractivity contribution < 1.29 is 0 Å². The van der Waals surface area contributed by atoms with Crippen molar-refractivity contribution in [1.82, 2.24) is 14.5 Å². The Labute approximate surface area is 321 Å². The number of hydrogen-bond acceptors (Lipinski definition) is 2. The van der Waals surface area contributed by atoms with E-state index in [4.69, 9.17) is 9.97 Å². The van der Waals surface area contributed by atoms with Crippen molar-refractivity contribution in [2.45, 2.75) is 12.8 Å². The van der Waals surface area contributed by atoms with E-state index in [0.717, 1.165) is 62.6 Å². The molecule has 0 bridgehead atoms. The molecule has 10 rings (SSSR count). The molecule has 0 saturated carbocycles. The van der Waals surface area contributed by atoms with Crippen molar-refractivity contribution in [3.8, 4) is 61.7 Å². The summed E-state index contributed by atoms with van der Waals surface area (Å²) >= 11 is 0. The van der Waals surface area contributed by atoms with Gasteiger partial charge in [0.15, 0.2) is 0 Å². The molecule has 0 aliphatic heterocycles. The second-order valence-electron chi connectivity index (χ2n) is 14.1. The largest absolute Gasteiger partial charge is 0.277 e. The molecule has 0 amide bonds. The molecule has 1 aliphatic rings. The Balaban J connectivity index is 1.09. The highest BCUT2D eigenvalue weighted by molar-refractivity contribution is 6.15. The lowest BCUT2D eigenvalue weighted by Crippen LogP contribution is -2.02. The maximum atomic E-state index is 5.29. The number of allylic oxidation sites excluding steroid dienone is 4. The van der Waals surface area contributed by atoms with Crippen molar-refractivity contribution in [3.05, 3.63) is 206 Å². The van der Waals surface area contributed by atoms with Gasteiger partial charge in [-0.15, -0.1) is 0 Å². The van der Waals surface area contributed by atoms with Gasteiger partial charge in [-0.3, -0.25) is 4.57 Å². The molecule has 2 heterocycles. The van der Waals surface area contributed by atoms with Crippen LogP contribution in [-0.4, -0.2) is 14.5 Å². The average molecular weight is 704 g/mol. The zero-order valence-electron chi connectivity index (χ0n) is 30.3. The Kier molecular flexibility index (Phi) is 8.31. The molecule has 0 fully saturated rings. The van der Waals surface area contributed by atoms with Crippen LogP contribution in [-0.2, 0) is 0 Å². The van der Waals surface area contributed by atoms with Gasteiger partial charge in [-0.05, 0) is 93.3 Å². The van der Waals surface area contributed by atoms with Crippen LogP contribution in [0.5, 0.6) is 0 Å². The fraction of sp³-hybridized carbons (Fsp3) is 0.0385. The Morgan fingerprint density at radius 1 is 0.436 bits per heavy atom. The van der Waals surface area contributed by atoms with Crippen LogP contribution in [0.25, 0.3) is 89.1 Å². The Hall–Kier alpha value is -7.10. The topological polar surface area (TPSA) is 30.7 Å². The molecule has 0 N–H and O–H groups in total. The number of hydrogen-bond donors (Lipinski definition) is 0. The molecule has 0 spiro atoms. The van der Waals surface area contributed by atoms with Crippen LogP contribution < -0.4 is 0 Å². The fourth-order valence-corrected chi connectivity index (χ4v) is 7.95. The number of benzene rings is 7. The summed E-state index contributed by atoms with van der Waals surface area (Å²) in [7, 11) is 0. The second-order valence-corrected chi connectivity index (χ2v) is 14.1. The number of fused-ring (bicyclic) bond motifs is 3. The van der Waals surface area contributed by atoms with Gasteiger partial charge in [0, 0.05) is 28.1 Å². The molecule has 7 aromatic carbocycles. The third kappa shape index (κ3) is 6.16. The van der Waals surface area contributed by atoms with Gasteiger partial charge in [0.2, 0.25) is 5.95 Å². The monoisotopic (exact) mass is 703 g/mol. The molecular weight excluding hydrogens is 667 g/mol. The maximum Gasteiger partial charge on any atom is 0.235 e. The number of para-hydroxylation sites is 1. The van der Waals surface area contributed by atoms with E-state index in [9.17, 15) is 0 Å². The van der Waals surface area contributed by atoms with Crippen LogP contribution in [0.4, 0.5) is 0 Å². The van der Waals surface area contributed by atoms with Gasteiger partial charge in [0.25, 0.3) is 0 Å². The van der Waals surface area contributed by atoms with Crippen LogP contribution in [0.1, 0.15) is 18.4 Å². The van der Waals surface area contributed by atoms with Crippen molar-refractivity contribution >= 4 is 27.4 Å². The van der Waals surface area contributed by atoms with E-state index < -0.39 is 0 Å². The predicted octanol–water partition coefficient (Wildman–Crippen LogP) is 13.6. The van der Waals surface area contributed by atoms with E-state index in [0.29, 0.717) is 5.95 Å². The van der Waals surface area contributed by atoms with Gasteiger partial charge < -0.3 is 0 Å². The summed E-state index contributed by atoms with van der Waals surface area (Å²) in [5.74, 6) is 0.643. The molecule has 3 heteroatoms. The average Bonchev–Trinajstić information content (AvgIpc) is 3.61. The highest BCUT2D eigenvalue weighted by atomic mass is 15.2. The second kappa shape index (κ2) is 14.0. The standard InChI is InChI=1S/C52H37N3/c1-4-13-36(14-5-1)38-23-27-40(28-24-38)43-19-12-20-44(33-43)49-31-32-53-52(54-49)55-50-22-11-10-21-46(50)48-35-45(34-47(51(48)55)42-17-8-3-9-18-42)41-29-25-39(26-30-41)37-15-6-2-7-16-37/h2-4,6-35H,1,5H2. The first kappa shape index (κ1) is 32.5. The van der Waals surface area contributed by atoms with Crippen molar-refractivity contribution in [2.75, 3.05) is 0 Å². The summed E-state index contributed by atoms with van der Waals surface area (Å²) in [5.41, 5.74) is 16.0. The quantitative estimate of drug-likeness (QED) is 0.165. The summed E-state index contributed by atoms with van der Waals surface area (Å²) in [5, 5.41) is 2.33. The van der Waals surface area contributed by atoms with E-state index >= 15 is 0 Å². The molecule has 55 heavy (non-hydrogen) atoms. The van der Waals surface area contributed by atoms with Gasteiger partial charge in [0.05, 0.1) is 16.7 Å². The first-order chi connectivity index (χ1) is 27.3. The summed E-state index contributed by atoms with van der Waals surface area (Å²) in [6.45, 7) is 0. The van der Waals surface area contributed by atoms with Gasteiger partial charge in [-0.25, -0.2) is 9.97 Å². The Bertz CT molecular complexity index is 2880. The van der Waals surface area contributed by atoms with Crippen LogP contribution in [0.2, 0.25) is 0 Å². The summed E-state index contributed by atoms with van der Waals surface area (Å²) in [6, 6.07) is 63.0. The van der Waals surface area contributed by atoms with Gasteiger partial charge >= 0.3 is 0 Å². The third-order valence-corrected chi connectivity index (χ3v) is 10.7. The molecule has 0 saturated heterocycles. The van der Waals surface area contributed by atoms with E-state index in [-0.39, 0.29) is 0 Å². The number of rotatable bonds is 7. The van der Waals surface area contributed by atoms with Crippen molar-refractivity contribution in [3.63, 3.8) is 0 Å². The zero-order valence-corrected chi connectivity index (χ0v) is 30.3. The molecule has 0 radical (unpaired) electrons. The molecule has 3 nitrogen and oxygen atoms in total. The van der Waals surface area contributed by atoms with E-state index in [2.05, 4.69) is 193 Å². The first-order valence-electron chi connectivity index (χ1n) is 19.0. The van der Waals surface area contributed by atoms with Crippen LogP contribution in [0.3, 0.4) is 0 Å². The molecular formula is C52H37N3.